The highest BCUT2D eigenvalue weighted by molar-refractivity contribution is 9.10. The van der Waals surface area contributed by atoms with Crippen molar-refractivity contribution in [3.63, 3.8) is 0 Å². The quantitative estimate of drug-likeness (QED) is 0.899. The summed E-state index contributed by atoms with van der Waals surface area (Å²) in [6, 6.07) is 17.8. The van der Waals surface area contributed by atoms with E-state index in [4.69, 9.17) is 0 Å². The van der Waals surface area contributed by atoms with Gasteiger partial charge < -0.3 is 10.2 Å². The highest BCUT2D eigenvalue weighted by Gasteiger charge is 2.22. The van der Waals surface area contributed by atoms with Crippen molar-refractivity contribution in [1.29, 1.82) is 0 Å². The zero-order chi connectivity index (χ0) is 14.7. The van der Waals surface area contributed by atoms with E-state index in [9.17, 15) is 0 Å². The van der Waals surface area contributed by atoms with Crippen molar-refractivity contribution < 1.29 is 0 Å². The Morgan fingerprint density at radius 2 is 2.00 bits per heavy atom. The predicted octanol–water partition coefficient (Wildman–Crippen LogP) is 4.16. The molecular weight excluding hydrogens is 324 g/mol. The lowest BCUT2D eigenvalue weighted by molar-refractivity contribution is 0.471. The number of anilines is 1. The van der Waals surface area contributed by atoms with Crippen LogP contribution in [0.25, 0.3) is 0 Å². The van der Waals surface area contributed by atoms with Crippen LogP contribution in [-0.4, -0.2) is 19.6 Å². The summed E-state index contributed by atoms with van der Waals surface area (Å²) in [5.74, 6) is 0. The Morgan fingerprint density at radius 1 is 1.19 bits per heavy atom. The number of halogens is 1. The summed E-state index contributed by atoms with van der Waals surface area (Å²) < 4.78 is 1.16. The van der Waals surface area contributed by atoms with Crippen molar-refractivity contribution in [3.05, 3.63) is 64.1 Å². The van der Waals surface area contributed by atoms with Crippen molar-refractivity contribution in [2.45, 2.75) is 19.4 Å². The Kier molecular flexibility index (Phi) is 4.61. The molecule has 1 N–H and O–H groups in total. The van der Waals surface area contributed by atoms with E-state index in [1.165, 1.54) is 16.8 Å². The van der Waals surface area contributed by atoms with Gasteiger partial charge in [-0.25, -0.2) is 0 Å². The smallest absolute Gasteiger partial charge is 0.0498 e. The van der Waals surface area contributed by atoms with Gasteiger partial charge in [-0.2, -0.15) is 0 Å². The Bertz CT molecular complexity index is 597. The fraction of sp³-hybridized carbons (Fsp3) is 0.333. The lowest BCUT2D eigenvalue weighted by Crippen LogP contribution is -2.46. The van der Waals surface area contributed by atoms with Crippen LogP contribution < -0.4 is 10.2 Å². The van der Waals surface area contributed by atoms with Gasteiger partial charge in [-0.3, -0.25) is 0 Å². The van der Waals surface area contributed by atoms with E-state index in [1.54, 1.807) is 0 Å². The lowest BCUT2D eigenvalue weighted by Gasteiger charge is -2.36. The van der Waals surface area contributed by atoms with Gasteiger partial charge in [0.2, 0.25) is 0 Å². The van der Waals surface area contributed by atoms with Crippen LogP contribution in [-0.2, 0) is 6.42 Å². The molecule has 1 aliphatic heterocycles. The van der Waals surface area contributed by atoms with Crippen molar-refractivity contribution >= 4 is 21.6 Å². The van der Waals surface area contributed by atoms with Gasteiger partial charge in [0.15, 0.2) is 0 Å². The molecule has 2 aromatic carbocycles. The fourth-order valence-corrected chi connectivity index (χ4v) is 3.43. The molecule has 110 valence electrons. The zero-order valence-electron chi connectivity index (χ0n) is 12.3. The molecule has 0 aliphatic carbocycles. The maximum absolute atomic E-state index is 3.63. The third-order valence-corrected chi connectivity index (χ3v) is 4.63. The molecule has 2 aromatic rings. The standard InChI is InChI=1S/C18H21BrN2/c1-2-14-12-16(19)8-9-18(14)21-11-10-20-17(13-21)15-6-4-3-5-7-15/h3-9,12,17,20H,2,10-11,13H2,1H3. The van der Waals surface area contributed by atoms with E-state index in [-0.39, 0.29) is 0 Å². The van der Waals surface area contributed by atoms with E-state index in [2.05, 4.69) is 81.6 Å². The second-order valence-corrected chi connectivity index (χ2v) is 6.41. The lowest BCUT2D eigenvalue weighted by atomic mass is 10.0. The van der Waals surface area contributed by atoms with Crippen molar-refractivity contribution in [3.8, 4) is 0 Å². The van der Waals surface area contributed by atoms with E-state index in [1.807, 2.05) is 0 Å². The molecule has 1 heterocycles. The summed E-state index contributed by atoms with van der Waals surface area (Å²) in [6.07, 6.45) is 1.06. The minimum Gasteiger partial charge on any atom is -0.368 e. The molecule has 21 heavy (non-hydrogen) atoms. The maximum Gasteiger partial charge on any atom is 0.0498 e. The molecule has 0 aromatic heterocycles. The van der Waals surface area contributed by atoms with Crippen LogP contribution >= 0.6 is 15.9 Å². The predicted molar refractivity (Wildman–Crippen MR) is 92.9 cm³/mol. The van der Waals surface area contributed by atoms with Gasteiger partial charge in [-0.05, 0) is 35.7 Å². The Morgan fingerprint density at radius 3 is 2.76 bits per heavy atom. The third-order valence-electron chi connectivity index (χ3n) is 4.14. The molecule has 1 aliphatic rings. The number of hydrogen-bond donors (Lipinski definition) is 1. The highest BCUT2D eigenvalue weighted by Crippen LogP contribution is 2.28. The maximum atomic E-state index is 3.63. The summed E-state index contributed by atoms with van der Waals surface area (Å²) >= 11 is 3.58. The molecule has 3 heteroatoms. The SMILES string of the molecule is CCc1cc(Br)ccc1N1CCNC(c2ccccc2)C1. The minimum absolute atomic E-state index is 0.410. The Balaban J connectivity index is 1.83. The van der Waals surface area contributed by atoms with Gasteiger partial charge in [0.05, 0.1) is 0 Å². The van der Waals surface area contributed by atoms with Gasteiger partial charge in [0.25, 0.3) is 0 Å². The van der Waals surface area contributed by atoms with E-state index in [0.29, 0.717) is 6.04 Å². The first kappa shape index (κ1) is 14.6. The van der Waals surface area contributed by atoms with Gasteiger partial charge in [-0.1, -0.05) is 53.2 Å². The molecule has 0 spiro atoms. The van der Waals surface area contributed by atoms with Gasteiger partial charge >= 0.3 is 0 Å². The van der Waals surface area contributed by atoms with Crippen LogP contribution in [0.1, 0.15) is 24.1 Å². The van der Waals surface area contributed by atoms with Crippen LogP contribution in [0, 0.1) is 0 Å². The summed E-state index contributed by atoms with van der Waals surface area (Å²) in [5.41, 5.74) is 4.17. The van der Waals surface area contributed by atoms with E-state index >= 15 is 0 Å². The van der Waals surface area contributed by atoms with Crippen LogP contribution in [0.3, 0.4) is 0 Å². The summed E-state index contributed by atoms with van der Waals surface area (Å²) in [4.78, 5) is 2.51. The Hall–Kier alpha value is -1.32. The molecule has 1 unspecified atom stereocenters. The molecular formula is C18H21BrN2. The number of piperazine rings is 1. The van der Waals surface area contributed by atoms with Crippen molar-refractivity contribution in [1.82, 2.24) is 5.32 Å². The van der Waals surface area contributed by atoms with Crippen LogP contribution in [0.15, 0.2) is 53.0 Å². The van der Waals surface area contributed by atoms with E-state index < -0.39 is 0 Å². The molecule has 1 fully saturated rings. The van der Waals surface area contributed by atoms with Crippen LogP contribution in [0.5, 0.6) is 0 Å². The first-order valence-corrected chi connectivity index (χ1v) is 8.39. The second-order valence-electron chi connectivity index (χ2n) is 5.49. The summed E-state index contributed by atoms with van der Waals surface area (Å²) in [7, 11) is 0. The number of nitrogens with zero attached hydrogens (tertiary/aromatic N) is 1. The zero-order valence-corrected chi connectivity index (χ0v) is 13.9. The van der Waals surface area contributed by atoms with Gasteiger partial charge in [0.1, 0.15) is 0 Å². The number of benzene rings is 2. The number of hydrogen-bond acceptors (Lipinski definition) is 2. The highest BCUT2D eigenvalue weighted by atomic mass is 79.9. The minimum atomic E-state index is 0.410. The molecule has 1 atom stereocenters. The summed E-state index contributed by atoms with van der Waals surface area (Å²) in [6.45, 7) is 5.34. The number of rotatable bonds is 3. The Labute approximate surface area is 135 Å². The first-order chi connectivity index (χ1) is 10.3. The fourth-order valence-electron chi connectivity index (χ4n) is 3.02. The number of nitrogens with one attached hydrogen (secondary N) is 1. The normalized spacial score (nSPS) is 18.8. The van der Waals surface area contributed by atoms with Crippen LogP contribution in [0.2, 0.25) is 0 Å². The molecule has 0 radical (unpaired) electrons. The molecule has 1 saturated heterocycles. The molecule has 0 amide bonds. The van der Waals surface area contributed by atoms with E-state index in [0.717, 1.165) is 30.5 Å². The molecule has 0 saturated carbocycles. The topological polar surface area (TPSA) is 15.3 Å². The molecule has 2 nitrogen and oxygen atoms in total. The van der Waals surface area contributed by atoms with Gasteiger partial charge in [0, 0.05) is 35.8 Å². The molecule has 3 rings (SSSR count). The summed E-state index contributed by atoms with van der Waals surface area (Å²) in [5, 5.41) is 3.63. The van der Waals surface area contributed by atoms with Crippen molar-refractivity contribution in [2.24, 2.45) is 0 Å². The average Bonchev–Trinajstić information content (AvgIpc) is 2.55. The van der Waals surface area contributed by atoms with Gasteiger partial charge in [-0.15, -0.1) is 0 Å². The third kappa shape index (κ3) is 3.30. The number of aryl methyl sites for hydroxylation is 1. The van der Waals surface area contributed by atoms with Crippen LogP contribution in [0.4, 0.5) is 5.69 Å². The monoisotopic (exact) mass is 344 g/mol. The average molecular weight is 345 g/mol. The van der Waals surface area contributed by atoms with Crippen molar-refractivity contribution in [2.75, 3.05) is 24.5 Å². The first-order valence-electron chi connectivity index (χ1n) is 7.59. The second kappa shape index (κ2) is 6.63. The molecule has 0 bridgehead atoms. The largest absolute Gasteiger partial charge is 0.368 e.